The fourth-order valence-corrected chi connectivity index (χ4v) is 6.60. The Morgan fingerprint density at radius 2 is 1.97 bits per heavy atom. The second-order valence-corrected chi connectivity index (χ2v) is 11.1. The molecule has 0 unspecified atom stereocenters. The Bertz CT molecular complexity index is 1200. The molecule has 0 saturated carbocycles. The predicted molar refractivity (Wildman–Crippen MR) is 121 cm³/mol. The average Bonchev–Trinajstić information content (AvgIpc) is 3.20. The molecular weight excluding hydrogens is 493 g/mol. The van der Waals surface area contributed by atoms with Gasteiger partial charge in [0.15, 0.2) is 9.84 Å². The van der Waals surface area contributed by atoms with E-state index in [1.807, 2.05) is 0 Å². The molecule has 2 aliphatic heterocycles. The minimum atomic E-state index is -4.03. The van der Waals surface area contributed by atoms with Crippen molar-refractivity contribution in [2.75, 3.05) is 26.7 Å². The number of amides is 1. The number of nitrogens with zero attached hydrogens (tertiary/aromatic N) is 2. The maximum Gasteiger partial charge on any atom is 0.326 e. The van der Waals surface area contributed by atoms with E-state index in [0.29, 0.717) is 16.5 Å². The van der Waals surface area contributed by atoms with Gasteiger partial charge in [0, 0.05) is 31.9 Å². The van der Waals surface area contributed by atoms with Crippen molar-refractivity contribution in [1.29, 1.82) is 0 Å². The van der Waals surface area contributed by atoms with Gasteiger partial charge in [0.25, 0.3) is 0 Å². The van der Waals surface area contributed by atoms with E-state index in [1.54, 1.807) is 12.1 Å². The monoisotopic (exact) mass is 513 g/mol. The Morgan fingerprint density at radius 1 is 1.24 bits per heavy atom. The Labute approximate surface area is 200 Å². The third-order valence-electron chi connectivity index (χ3n) is 6.17. The molecule has 4 rings (SSSR count). The summed E-state index contributed by atoms with van der Waals surface area (Å²) in [6.07, 6.45) is 1.17. The second kappa shape index (κ2) is 8.75. The molecular formula is C21H21Cl2N3O6S. The summed E-state index contributed by atoms with van der Waals surface area (Å²) in [6.45, 7) is 0.242. The van der Waals surface area contributed by atoms with Crippen molar-refractivity contribution in [1.82, 2.24) is 15.2 Å². The molecule has 1 aromatic carbocycles. The highest BCUT2D eigenvalue weighted by molar-refractivity contribution is 7.92. The van der Waals surface area contributed by atoms with Crippen molar-refractivity contribution in [2.24, 2.45) is 0 Å². The van der Waals surface area contributed by atoms with Gasteiger partial charge >= 0.3 is 5.97 Å². The highest BCUT2D eigenvalue weighted by Gasteiger charge is 2.55. The van der Waals surface area contributed by atoms with Crippen LogP contribution in [-0.2, 0) is 24.8 Å². The number of hydrogen-bond acceptors (Lipinski definition) is 7. The van der Waals surface area contributed by atoms with Crippen LogP contribution in [0.15, 0.2) is 41.4 Å². The molecule has 9 nitrogen and oxygen atoms in total. The smallest absolute Gasteiger partial charge is 0.326 e. The van der Waals surface area contributed by atoms with Gasteiger partial charge in [0.2, 0.25) is 5.91 Å². The number of methoxy groups -OCH3 is 1. The number of aliphatic carboxylic acids is 1. The molecule has 0 bridgehead atoms. The number of likely N-dealkylation sites (tertiary alicyclic amines) is 1. The lowest BCUT2D eigenvalue weighted by molar-refractivity contribution is -0.151. The van der Waals surface area contributed by atoms with Crippen molar-refractivity contribution < 1.29 is 27.9 Å². The molecule has 3 heterocycles. The van der Waals surface area contributed by atoms with Gasteiger partial charge in [-0.3, -0.25) is 9.78 Å². The summed E-state index contributed by atoms with van der Waals surface area (Å²) in [4.78, 5) is 30.9. The summed E-state index contributed by atoms with van der Waals surface area (Å²) in [5.41, 5.74) is -0.640. The SMILES string of the molecule is COc1ccc(S(=O)(=O)[C@@H]2C[C@@H](C(=O)O)N(C(=O)C3(c4ccc(Cl)cn4)CNC3)C2)c(Cl)c1. The molecule has 2 fully saturated rings. The minimum absolute atomic E-state index is 0.0315. The van der Waals surface area contributed by atoms with Gasteiger partial charge in [-0.15, -0.1) is 0 Å². The summed E-state index contributed by atoms with van der Waals surface area (Å²) in [5.74, 6) is -1.36. The van der Waals surface area contributed by atoms with Crippen LogP contribution in [0.1, 0.15) is 12.1 Å². The lowest BCUT2D eigenvalue weighted by Gasteiger charge is -2.43. The Morgan fingerprint density at radius 3 is 2.48 bits per heavy atom. The molecule has 1 aromatic heterocycles. The van der Waals surface area contributed by atoms with E-state index in [4.69, 9.17) is 27.9 Å². The third-order valence-corrected chi connectivity index (χ3v) is 9.01. The lowest BCUT2D eigenvalue weighted by Crippen LogP contribution is -2.66. The quantitative estimate of drug-likeness (QED) is 0.598. The zero-order valence-corrected chi connectivity index (χ0v) is 19.8. The summed E-state index contributed by atoms with van der Waals surface area (Å²) >= 11 is 12.1. The van der Waals surface area contributed by atoms with E-state index in [2.05, 4.69) is 10.3 Å². The average molecular weight is 514 g/mol. The number of hydrogen-bond donors (Lipinski definition) is 2. The first kappa shape index (κ1) is 23.7. The van der Waals surface area contributed by atoms with Gasteiger partial charge in [-0.05, 0) is 30.7 Å². The molecule has 33 heavy (non-hydrogen) atoms. The predicted octanol–water partition coefficient (Wildman–Crippen LogP) is 1.77. The van der Waals surface area contributed by atoms with E-state index in [9.17, 15) is 23.1 Å². The van der Waals surface area contributed by atoms with Gasteiger partial charge in [-0.25, -0.2) is 13.2 Å². The number of benzene rings is 1. The molecule has 0 radical (unpaired) electrons. The minimum Gasteiger partial charge on any atom is -0.497 e. The fraction of sp³-hybridized carbons (Fsp3) is 0.381. The maximum atomic E-state index is 13.6. The van der Waals surface area contributed by atoms with Crippen molar-refractivity contribution in [3.05, 3.63) is 52.3 Å². The molecule has 2 saturated heterocycles. The van der Waals surface area contributed by atoms with Crippen LogP contribution in [0.5, 0.6) is 5.75 Å². The molecule has 2 aliphatic rings. The number of pyridine rings is 1. The van der Waals surface area contributed by atoms with E-state index >= 15 is 0 Å². The van der Waals surface area contributed by atoms with Gasteiger partial charge in [0.1, 0.15) is 17.2 Å². The summed E-state index contributed by atoms with van der Waals surface area (Å²) in [7, 11) is -2.60. The van der Waals surface area contributed by atoms with Crippen LogP contribution < -0.4 is 10.1 Å². The maximum absolute atomic E-state index is 13.6. The summed E-state index contributed by atoms with van der Waals surface area (Å²) < 4.78 is 31.7. The molecule has 12 heteroatoms. The van der Waals surface area contributed by atoms with Crippen LogP contribution in [0.3, 0.4) is 0 Å². The van der Waals surface area contributed by atoms with Crippen LogP contribution in [0.2, 0.25) is 10.0 Å². The lowest BCUT2D eigenvalue weighted by atomic mass is 9.76. The first-order valence-corrected chi connectivity index (χ1v) is 12.3. The molecule has 2 atom stereocenters. The van der Waals surface area contributed by atoms with Crippen molar-refractivity contribution in [3.63, 3.8) is 0 Å². The largest absolute Gasteiger partial charge is 0.497 e. The molecule has 2 N–H and O–H groups in total. The van der Waals surface area contributed by atoms with Crippen LogP contribution in [0, 0.1) is 0 Å². The van der Waals surface area contributed by atoms with Gasteiger partial charge in [-0.1, -0.05) is 23.2 Å². The van der Waals surface area contributed by atoms with E-state index < -0.39 is 38.4 Å². The Kier molecular flexibility index (Phi) is 6.30. The number of ether oxygens (including phenoxy) is 1. The number of aromatic nitrogens is 1. The van der Waals surface area contributed by atoms with E-state index in [0.717, 1.165) is 4.90 Å². The van der Waals surface area contributed by atoms with Gasteiger partial charge in [-0.2, -0.15) is 0 Å². The third kappa shape index (κ3) is 4.05. The second-order valence-electron chi connectivity index (χ2n) is 8.06. The van der Waals surface area contributed by atoms with Crippen molar-refractivity contribution in [2.45, 2.75) is 28.0 Å². The topological polar surface area (TPSA) is 126 Å². The number of rotatable bonds is 6. The zero-order valence-electron chi connectivity index (χ0n) is 17.5. The summed E-state index contributed by atoms with van der Waals surface area (Å²) in [5, 5.41) is 12.1. The molecule has 0 spiro atoms. The number of carboxylic acids is 1. The van der Waals surface area contributed by atoms with Crippen LogP contribution in [0.4, 0.5) is 0 Å². The van der Waals surface area contributed by atoms with Gasteiger partial charge in [0.05, 0.1) is 33.0 Å². The molecule has 1 amide bonds. The van der Waals surface area contributed by atoms with Crippen LogP contribution >= 0.6 is 23.2 Å². The number of carbonyl (C=O) groups is 2. The zero-order chi connectivity index (χ0) is 24.0. The fourth-order valence-electron chi connectivity index (χ4n) is 4.25. The van der Waals surface area contributed by atoms with Crippen LogP contribution in [0.25, 0.3) is 0 Å². The molecule has 176 valence electrons. The standard InChI is InChI=1S/C21H21Cl2N3O6S/c1-32-13-3-4-17(15(23)6-13)33(30,31)14-7-16(19(27)28)26(9-14)20(29)21(10-24-11-21)18-5-2-12(22)8-25-18/h2-6,8,14,16,24H,7,9-11H2,1H3,(H,27,28)/t14-,16+/m1/s1. The van der Waals surface area contributed by atoms with Crippen LogP contribution in [-0.4, -0.2) is 73.3 Å². The number of carboxylic acid groups (broad SMARTS) is 1. The van der Waals surface area contributed by atoms with Crippen molar-refractivity contribution in [3.8, 4) is 5.75 Å². The normalized spacial score (nSPS) is 22.0. The number of halogens is 2. The first-order chi connectivity index (χ1) is 15.6. The summed E-state index contributed by atoms with van der Waals surface area (Å²) in [6, 6.07) is 6.10. The van der Waals surface area contributed by atoms with Crippen molar-refractivity contribution >= 4 is 44.9 Å². The van der Waals surface area contributed by atoms with E-state index in [1.165, 1.54) is 31.5 Å². The highest BCUT2D eigenvalue weighted by atomic mass is 35.5. The number of nitrogens with one attached hydrogen (secondary N) is 1. The molecule has 0 aliphatic carbocycles. The highest BCUT2D eigenvalue weighted by Crippen LogP contribution is 2.37. The Balaban J connectivity index is 1.66. The number of carbonyl (C=O) groups excluding carboxylic acids is 1. The first-order valence-electron chi connectivity index (χ1n) is 10.0. The van der Waals surface area contributed by atoms with Gasteiger partial charge < -0.3 is 20.1 Å². The Hall–Kier alpha value is -2.40. The molecule has 2 aromatic rings. The number of sulfone groups is 1. The van der Waals surface area contributed by atoms with E-state index in [-0.39, 0.29) is 36.0 Å².